The predicted octanol–water partition coefficient (Wildman–Crippen LogP) is 7.95. The molecule has 3 aromatic carbocycles. The molecule has 0 aliphatic carbocycles. The average molecular weight is 541 g/mol. The Bertz CT molecular complexity index is 1630. The van der Waals surface area contributed by atoms with Crippen LogP contribution in [-0.4, -0.2) is 17.8 Å². The van der Waals surface area contributed by atoms with Crippen molar-refractivity contribution in [3.8, 4) is 40.6 Å². The summed E-state index contributed by atoms with van der Waals surface area (Å²) in [7, 11) is 0. The van der Waals surface area contributed by atoms with Crippen molar-refractivity contribution in [1.29, 1.82) is 0 Å². The quantitative estimate of drug-likeness (QED) is 0.145. The van der Waals surface area contributed by atoms with E-state index < -0.39 is 40.6 Å². The van der Waals surface area contributed by atoms with Gasteiger partial charge < -0.3 is 4.74 Å². The summed E-state index contributed by atoms with van der Waals surface area (Å²) in [6, 6.07) is 9.46. The van der Waals surface area contributed by atoms with Crippen LogP contribution in [0.3, 0.4) is 0 Å². The van der Waals surface area contributed by atoms with Gasteiger partial charge in [-0.25, -0.2) is 22.5 Å². The van der Waals surface area contributed by atoms with Crippen LogP contribution in [0.15, 0.2) is 54.7 Å². The number of nitrogens with zero attached hydrogens (tertiary/aromatic N) is 1. The van der Waals surface area contributed by atoms with Gasteiger partial charge in [0.25, 0.3) is 0 Å². The Kier molecular flexibility index (Phi) is 8.11. The highest BCUT2D eigenvalue weighted by molar-refractivity contribution is 5.89. The molecule has 0 aliphatic rings. The molecule has 4 aromatic rings. The molecular weight excluding hydrogens is 523 g/mol. The number of fused-ring (bicyclic) bond motifs is 1. The van der Waals surface area contributed by atoms with E-state index in [0.717, 1.165) is 49.1 Å². The van der Waals surface area contributed by atoms with Crippen molar-refractivity contribution in [3.63, 3.8) is 0 Å². The van der Waals surface area contributed by atoms with Gasteiger partial charge in [0.05, 0.1) is 23.9 Å². The first-order valence-corrected chi connectivity index (χ1v) is 11.7. The normalized spacial score (nSPS) is 11.0. The average Bonchev–Trinajstić information content (AvgIpc) is 2.87. The van der Waals surface area contributed by atoms with Crippen molar-refractivity contribution in [1.82, 2.24) is 4.98 Å². The van der Waals surface area contributed by atoms with Gasteiger partial charge in [-0.15, -0.1) is 0 Å². The van der Waals surface area contributed by atoms with Crippen molar-refractivity contribution in [2.75, 3.05) is 6.61 Å². The summed E-state index contributed by atoms with van der Waals surface area (Å²) >= 11 is 0. The van der Waals surface area contributed by atoms with E-state index in [-0.39, 0.29) is 21.9 Å². The minimum absolute atomic E-state index is 0.0320. The fraction of sp³-hybridized carbons (Fsp3) is 0.167. The summed E-state index contributed by atoms with van der Waals surface area (Å²) in [6.45, 7) is 2.61. The summed E-state index contributed by atoms with van der Waals surface area (Å²) in [5.74, 6) is 3.62. The first-order chi connectivity index (χ1) is 18.6. The molecule has 0 bridgehead atoms. The third-order valence-electron chi connectivity index (χ3n) is 5.53. The zero-order valence-electron chi connectivity index (χ0n) is 20.3. The van der Waals surface area contributed by atoms with Crippen molar-refractivity contribution in [3.05, 3.63) is 94.8 Å². The Morgan fingerprint density at radius 1 is 0.846 bits per heavy atom. The van der Waals surface area contributed by atoms with Crippen molar-refractivity contribution in [2.24, 2.45) is 0 Å². The van der Waals surface area contributed by atoms with Crippen LogP contribution in [0.5, 0.6) is 5.75 Å². The van der Waals surface area contributed by atoms with Gasteiger partial charge in [-0.2, -0.15) is 13.2 Å². The monoisotopic (exact) mass is 541 g/mol. The molecule has 0 atom stereocenters. The van der Waals surface area contributed by atoms with E-state index in [1.54, 1.807) is 12.1 Å². The molecule has 1 heterocycles. The maximum atomic E-state index is 14.9. The van der Waals surface area contributed by atoms with Crippen LogP contribution in [0.4, 0.5) is 30.7 Å². The van der Waals surface area contributed by atoms with Crippen LogP contribution < -0.4 is 4.74 Å². The number of benzene rings is 3. The standard InChI is InChI=1S/C30H18F7NO/c1-2-3-12-39-22-8-7-21(38-17-22)6-4-18-13-26(32)28(27(33)14-18)19-5-9-23-20(15-19)16-25(31)24(29(23)34)10-11-30(35,36)37/h5,7-9,13-17H,2-3,12H2,1H3. The fourth-order valence-electron chi connectivity index (χ4n) is 3.66. The van der Waals surface area contributed by atoms with Crippen molar-refractivity contribution >= 4 is 10.8 Å². The van der Waals surface area contributed by atoms with Gasteiger partial charge >= 0.3 is 6.18 Å². The number of hydrogen-bond acceptors (Lipinski definition) is 2. The van der Waals surface area contributed by atoms with Crippen LogP contribution in [-0.2, 0) is 0 Å². The van der Waals surface area contributed by atoms with Gasteiger partial charge in [-0.05, 0) is 59.7 Å². The van der Waals surface area contributed by atoms with Crippen LogP contribution in [0.25, 0.3) is 21.9 Å². The van der Waals surface area contributed by atoms with Gasteiger partial charge in [0.2, 0.25) is 0 Å². The Hall–Kier alpha value is -4.50. The predicted molar refractivity (Wildman–Crippen MR) is 133 cm³/mol. The number of alkyl halides is 3. The first kappa shape index (κ1) is 27.5. The SMILES string of the molecule is CCCCOc1ccc(C#Cc2cc(F)c(-c3ccc4c(F)c(C#CC(F)(F)F)c(F)cc4c3)c(F)c2)nc1. The lowest BCUT2D eigenvalue weighted by molar-refractivity contribution is -0.0696. The summed E-state index contributed by atoms with van der Waals surface area (Å²) < 4.78 is 101. The van der Waals surface area contributed by atoms with Crippen molar-refractivity contribution < 1.29 is 35.5 Å². The second-order valence-electron chi connectivity index (χ2n) is 8.38. The fourth-order valence-corrected chi connectivity index (χ4v) is 3.66. The number of rotatable bonds is 5. The lowest BCUT2D eigenvalue weighted by atomic mass is 9.97. The second kappa shape index (κ2) is 11.5. The lowest BCUT2D eigenvalue weighted by Gasteiger charge is -2.09. The van der Waals surface area contributed by atoms with E-state index in [0.29, 0.717) is 18.1 Å². The van der Waals surface area contributed by atoms with Gasteiger partial charge in [-0.3, -0.25) is 0 Å². The number of unbranched alkanes of at least 4 members (excludes halogenated alkanes) is 1. The maximum absolute atomic E-state index is 14.9. The molecule has 9 heteroatoms. The number of halogens is 7. The molecule has 0 saturated carbocycles. The molecule has 2 nitrogen and oxygen atoms in total. The Labute approximate surface area is 219 Å². The van der Waals surface area contributed by atoms with E-state index in [2.05, 4.69) is 16.8 Å². The summed E-state index contributed by atoms with van der Waals surface area (Å²) in [5, 5.41) is -0.375. The summed E-state index contributed by atoms with van der Waals surface area (Å²) in [4.78, 5) is 4.14. The van der Waals surface area contributed by atoms with E-state index >= 15 is 0 Å². The molecule has 4 rings (SSSR count). The van der Waals surface area contributed by atoms with Crippen LogP contribution in [0, 0.1) is 47.0 Å². The van der Waals surface area contributed by atoms with Gasteiger partial charge in [0.1, 0.15) is 34.7 Å². The molecule has 0 unspecified atom stereocenters. The van der Waals surface area contributed by atoms with E-state index in [9.17, 15) is 30.7 Å². The third-order valence-corrected chi connectivity index (χ3v) is 5.53. The van der Waals surface area contributed by atoms with E-state index in [4.69, 9.17) is 4.74 Å². The molecular formula is C30H18F7NO. The number of pyridine rings is 1. The molecule has 0 saturated heterocycles. The number of hydrogen-bond donors (Lipinski definition) is 0. The topological polar surface area (TPSA) is 22.1 Å². The largest absolute Gasteiger partial charge is 0.492 e. The molecule has 0 aliphatic heterocycles. The van der Waals surface area contributed by atoms with Gasteiger partial charge in [0, 0.05) is 16.9 Å². The minimum atomic E-state index is -4.94. The molecule has 1 aromatic heterocycles. The van der Waals surface area contributed by atoms with Crippen LogP contribution in [0.1, 0.15) is 36.6 Å². The Morgan fingerprint density at radius 3 is 2.23 bits per heavy atom. The first-order valence-electron chi connectivity index (χ1n) is 11.7. The molecule has 0 spiro atoms. The smallest absolute Gasteiger partial charge is 0.458 e. The molecule has 0 amide bonds. The lowest BCUT2D eigenvalue weighted by Crippen LogP contribution is -2.02. The maximum Gasteiger partial charge on any atom is 0.458 e. The highest BCUT2D eigenvalue weighted by Gasteiger charge is 2.24. The Balaban J connectivity index is 1.62. The highest BCUT2D eigenvalue weighted by atomic mass is 19.4. The van der Waals surface area contributed by atoms with Crippen LogP contribution in [0.2, 0.25) is 0 Å². The van der Waals surface area contributed by atoms with Gasteiger partial charge in [-0.1, -0.05) is 37.3 Å². The molecule has 0 N–H and O–H groups in total. The third kappa shape index (κ3) is 6.69. The molecule has 0 radical (unpaired) electrons. The highest BCUT2D eigenvalue weighted by Crippen LogP contribution is 2.32. The molecule has 39 heavy (non-hydrogen) atoms. The zero-order valence-corrected chi connectivity index (χ0v) is 20.3. The molecule has 198 valence electrons. The zero-order chi connectivity index (χ0) is 28.2. The van der Waals surface area contributed by atoms with Crippen LogP contribution >= 0.6 is 0 Å². The number of aromatic nitrogens is 1. The molecule has 0 fully saturated rings. The van der Waals surface area contributed by atoms with Crippen molar-refractivity contribution in [2.45, 2.75) is 25.9 Å². The summed E-state index contributed by atoms with van der Waals surface area (Å²) in [5.41, 5.74) is -1.16. The van der Waals surface area contributed by atoms with E-state index in [1.807, 2.05) is 6.92 Å². The Morgan fingerprint density at radius 2 is 1.59 bits per heavy atom. The minimum Gasteiger partial charge on any atom is -0.492 e. The van der Waals surface area contributed by atoms with E-state index in [1.165, 1.54) is 18.2 Å². The summed E-state index contributed by atoms with van der Waals surface area (Å²) in [6.07, 6.45) is -1.54. The second-order valence-corrected chi connectivity index (χ2v) is 8.38. The number of ether oxygens (including phenoxy) is 1. The van der Waals surface area contributed by atoms with Gasteiger partial charge in [0.15, 0.2) is 0 Å².